The van der Waals surface area contributed by atoms with Crippen molar-refractivity contribution in [1.29, 1.82) is 0 Å². The topological polar surface area (TPSA) is 65.8 Å². The van der Waals surface area contributed by atoms with Crippen LogP contribution in [0, 0.1) is 23.7 Å². The van der Waals surface area contributed by atoms with Crippen LogP contribution >= 0.6 is 0 Å². The molecule has 59 heavy (non-hydrogen) atoms. The molecule has 2 saturated heterocycles. The number of nitrogens with zero attached hydrogens (tertiary/aromatic N) is 5. The van der Waals surface area contributed by atoms with Crippen LogP contribution in [0.4, 0.5) is 0 Å². The van der Waals surface area contributed by atoms with Crippen LogP contribution < -0.4 is 5.32 Å². The van der Waals surface area contributed by atoms with Crippen molar-refractivity contribution in [3.63, 3.8) is 0 Å². The standard InChI is InChI=1S/C28H39N3O.C23H31N3O/c1-20-11-14-29(15-12-20)28(32)22-9-10-26-24(17-22)25-19-30(23-7-2-3-8-23)16-13-27(25)31(26)18-21-5-4-6-21;1-16-8-11-25(12-9-16)23(27)18-5-6-21-19(13-18)20-14-24-10-7-22(20)26(21)15-17-3-2-4-17/h9-10,17,20-21,23H,2-8,11-16,18-19H2,1H3;5-6,13,16-17,24H,2-4,7-12,14-15H2,1H3. The Hall–Kier alpha value is -3.62. The molecule has 3 saturated carbocycles. The maximum absolute atomic E-state index is 13.3. The minimum atomic E-state index is 0.216. The highest BCUT2D eigenvalue weighted by Crippen LogP contribution is 2.39. The number of piperidine rings is 2. The van der Waals surface area contributed by atoms with Crippen molar-refractivity contribution >= 4 is 33.6 Å². The molecule has 0 atom stereocenters. The van der Waals surface area contributed by atoms with E-state index in [4.69, 9.17) is 0 Å². The highest BCUT2D eigenvalue weighted by atomic mass is 16.2. The largest absolute Gasteiger partial charge is 0.344 e. The number of aromatic nitrogens is 2. The molecule has 2 amide bonds. The molecule has 0 radical (unpaired) electrons. The van der Waals surface area contributed by atoms with Gasteiger partial charge in [-0.15, -0.1) is 0 Å². The van der Waals surface area contributed by atoms with E-state index in [2.05, 4.69) is 79.4 Å². The highest BCUT2D eigenvalue weighted by molar-refractivity contribution is 6.00. The van der Waals surface area contributed by atoms with Crippen LogP contribution in [-0.4, -0.2) is 81.0 Å². The Morgan fingerprint density at radius 2 is 1.10 bits per heavy atom. The number of carbonyl (C=O) groups is 2. The minimum Gasteiger partial charge on any atom is -0.344 e. The van der Waals surface area contributed by atoms with Crippen molar-refractivity contribution in [1.82, 2.24) is 29.2 Å². The Morgan fingerprint density at radius 1 is 0.593 bits per heavy atom. The third kappa shape index (κ3) is 7.91. The first-order chi connectivity index (χ1) is 28.9. The smallest absolute Gasteiger partial charge is 0.253 e. The Balaban J connectivity index is 0.000000145. The summed E-state index contributed by atoms with van der Waals surface area (Å²) < 4.78 is 5.23. The predicted molar refractivity (Wildman–Crippen MR) is 239 cm³/mol. The molecule has 1 N–H and O–H groups in total. The second-order valence-corrected chi connectivity index (χ2v) is 20.2. The fraction of sp³-hybridized carbons (Fsp3) is 0.647. The lowest BCUT2D eigenvalue weighted by atomic mass is 9.85. The van der Waals surface area contributed by atoms with E-state index < -0.39 is 0 Å². The monoisotopic (exact) mass is 799 g/mol. The average Bonchev–Trinajstić information content (AvgIpc) is 3.96. The van der Waals surface area contributed by atoms with Gasteiger partial charge in [0, 0.05) is 129 Å². The lowest BCUT2D eigenvalue weighted by Gasteiger charge is -2.34. The van der Waals surface area contributed by atoms with E-state index in [9.17, 15) is 9.59 Å². The van der Waals surface area contributed by atoms with Crippen molar-refractivity contribution in [3.05, 3.63) is 70.0 Å². The van der Waals surface area contributed by atoms with Crippen molar-refractivity contribution in [2.45, 2.75) is 149 Å². The van der Waals surface area contributed by atoms with Gasteiger partial charge in [0.2, 0.25) is 0 Å². The summed E-state index contributed by atoms with van der Waals surface area (Å²) in [5.74, 6) is 3.64. The molecule has 11 rings (SSSR count). The predicted octanol–water partition coefficient (Wildman–Crippen LogP) is 9.57. The zero-order valence-electron chi connectivity index (χ0n) is 36.3. The van der Waals surface area contributed by atoms with Crippen molar-refractivity contribution in [2.24, 2.45) is 23.7 Å². The molecule has 4 aromatic rings. The highest BCUT2D eigenvalue weighted by Gasteiger charge is 2.32. The van der Waals surface area contributed by atoms with Crippen LogP contribution in [0.3, 0.4) is 0 Å². The van der Waals surface area contributed by atoms with Gasteiger partial charge in [-0.1, -0.05) is 39.5 Å². The van der Waals surface area contributed by atoms with Crippen LogP contribution in [-0.2, 0) is 39.0 Å². The number of benzene rings is 2. The Morgan fingerprint density at radius 3 is 1.61 bits per heavy atom. The van der Waals surface area contributed by atoms with E-state index in [-0.39, 0.29) is 11.8 Å². The molecule has 0 spiro atoms. The van der Waals surface area contributed by atoms with Crippen molar-refractivity contribution in [2.75, 3.05) is 39.3 Å². The summed E-state index contributed by atoms with van der Waals surface area (Å²) in [6.45, 7) is 14.8. The average molecular weight is 799 g/mol. The molecule has 8 nitrogen and oxygen atoms in total. The van der Waals surface area contributed by atoms with Crippen LogP contribution in [0.15, 0.2) is 36.4 Å². The van der Waals surface area contributed by atoms with E-state index in [0.717, 1.165) is 125 Å². The molecule has 5 fully saturated rings. The molecule has 8 heteroatoms. The van der Waals surface area contributed by atoms with Crippen LogP contribution in [0.1, 0.15) is 147 Å². The van der Waals surface area contributed by atoms with Gasteiger partial charge in [0.15, 0.2) is 0 Å². The maximum atomic E-state index is 13.3. The van der Waals surface area contributed by atoms with E-state index in [0.29, 0.717) is 0 Å². The fourth-order valence-corrected chi connectivity index (χ4v) is 11.8. The maximum Gasteiger partial charge on any atom is 0.253 e. The zero-order valence-corrected chi connectivity index (χ0v) is 36.3. The Kier molecular flexibility index (Phi) is 11.4. The third-order valence-corrected chi connectivity index (χ3v) is 16.2. The SMILES string of the molecule is CC1CCN(C(=O)c2ccc3c(c2)c2c(n3CC3CCC3)CCN(C3CCCC3)C2)CC1.CC1CCN(C(=O)c2ccc3c(c2)c2c(n3CC3CCC3)CCNC2)CC1. The van der Waals surface area contributed by atoms with Crippen LogP contribution in [0.2, 0.25) is 0 Å². The van der Waals surface area contributed by atoms with Crippen molar-refractivity contribution in [3.8, 4) is 0 Å². The summed E-state index contributed by atoms with van der Waals surface area (Å²) in [6.07, 6.45) is 20.6. The number of nitrogens with one attached hydrogen (secondary N) is 1. The van der Waals surface area contributed by atoms with E-state index in [1.54, 1.807) is 5.69 Å². The van der Waals surface area contributed by atoms with Gasteiger partial charge in [-0.05, 0) is 135 Å². The van der Waals surface area contributed by atoms with Crippen LogP contribution in [0.5, 0.6) is 0 Å². The molecule has 2 aromatic carbocycles. The molecule has 0 bridgehead atoms. The van der Waals surface area contributed by atoms with Gasteiger partial charge in [-0.25, -0.2) is 0 Å². The summed E-state index contributed by atoms with van der Waals surface area (Å²) in [5.41, 5.74) is 10.5. The fourth-order valence-electron chi connectivity index (χ4n) is 11.8. The minimum absolute atomic E-state index is 0.216. The van der Waals surface area contributed by atoms with Gasteiger partial charge < -0.3 is 24.3 Å². The number of rotatable bonds is 7. The molecule has 6 heterocycles. The Bertz CT molecular complexity index is 2150. The van der Waals surface area contributed by atoms with E-state index in [1.165, 1.54) is 122 Å². The first-order valence-electron chi connectivity index (χ1n) is 24.2. The molecular weight excluding hydrogens is 729 g/mol. The lowest BCUT2D eigenvalue weighted by molar-refractivity contribution is 0.0689. The number of likely N-dealkylation sites (tertiary alicyclic amines) is 2. The quantitative estimate of drug-likeness (QED) is 0.202. The second kappa shape index (κ2) is 17.0. The second-order valence-electron chi connectivity index (χ2n) is 20.2. The number of hydrogen-bond donors (Lipinski definition) is 1. The van der Waals surface area contributed by atoms with Gasteiger partial charge in [0.25, 0.3) is 11.8 Å². The van der Waals surface area contributed by atoms with Gasteiger partial charge in [0.1, 0.15) is 0 Å². The first kappa shape index (κ1) is 39.5. The molecule has 3 aliphatic carbocycles. The number of carbonyl (C=O) groups excluding carboxylic acids is 2. The summed E-state index contributed by atoms with van der Waals surface area (Å²) in [4.78, 5) is 33.3. The number of fused-ring (bicyclic) bond motifs is 6. The summed E-state index contributed by atoms with van der Waals surface area (Å²) in [5, 5.41) is 6.19. The molecule has 0 unspecified atom stereocenters. The summed E-state index contributed by atoms with van der Waals surface area (Å²) in [7, 11) is 0. The lowest BCUT2D eigenvalue weighted by Crippen LogP contribution is -2.38. The van der Waals surface area contributed by atoms with Crippen molar-refractivity contribution < 1.29 is 9.59 Å². The van der Waals surface area contributed by atoms with Gasteiger partial charge in [-0.3, -0.25) is 14.5 Å². The number of hydrogen-bond acceptors (Lipinski definition) is 4. The van der Waals surface area contributed by atoms with Gasteiger partial charge in [-0.2, -0.15) is 0 Å². The van der Waals surface area contributed by atoms with Crippen LogP contribution in [0.25, 0.3) is 21.8 Å². The van der Waals surface area contributed by atoms with Gasteiger partial charge in [0.05, 0.1) is 0 Å². The molecule has 7 aliphatic rings. The molecule has 2 aromatic heterocycles. The third-order valence-electron chi connectivity index (χ3n) is 16.2. The molecule has 4 aliphatic heterocycles. The van der Waals surface area contributed by atoms with E-state index >= 15 is 0 Å². The normalized spacial score (nSPS) is 22.5. The first-order valence-corrected chi connectivity index (χ1v) is 24.2. The molecule has 316 valence electrons. The summed E-state index contributed by atoms with van der Waals surface area (Å²) in [6, 6.07) is 13.9. The Labute approximate surface area is 353 Å². The van der Waals surface area contributed by atoms with Gasteiger partial charge >= 0.3 is 0 Å². The summed E-state index contributed by atoms with van der Waals surface area (Å²) >= 11 is 0. The zero-order chi connectivity index (χ0) is 40.0. The molecular formula is C51H70N6O2. The van der Waals surface area contributed by atoms with E-state index in [1.807, 2.05) is 0 Å². The number of amides is 2.